The highest BCUT2D eigenvalue weighted by molar-refractivity contribution is 7.96. The number of halogens is 3. The van der Waals surface area contributed by atoms with Gasteiger partial charge in [0.1, 0.15) is 6.04 Å². The number of anilines is 1. The summed E-state index contributed by atoms with van der Waals surface area (Å²) in [6, 6.07) is -0.620. The fourth-order valence-electron chi connectivity index (χ4n) is 3.28. The highest BCUT2D eigenvalue weighted by Gasteiger charge is 2.51. The number of alkyl halides is 3. The lowest BCUT2D eigenvalue weighted by Gasteiger charge is -2.39. The molecular formula is C20H21F3N4O3S2. The van der Waals surface area contributed by atoms with E-state index >= 15 is 0 Å². The molecule has 2 aliphatic rings. The van der Waals surface area contributed by atoms with E-state index in [9.17, 15) is 26.7 Å². The molecule has 1 aliphatic heterocycles. The molecule has 0 radical (unpaired) electrons. The van der Waals surface area contributed by atoms with Crippen LogP contribution in [0.2, 0.25) is 0 Å². The van der Waals surface area contributed by atoms with Crippen LogP contribution < -0.4 is 4.90 Å². The van der Waals surface area contributed by atoms with E-state index in [1.54, 1.807) is 24.0 Å². The zero-order valence-corrected chi connectivity index (χ0v) is 18.9. The normalized spacial score (nSPS) is 22.1. The van der Waals surface area contributed by atoms with E-state index in [0.717, 1.165) is 12.4 Å². The van der Waals surface area contributed by atoms with Gasteiger partial charge in [0.2, 0.25) is 16.0 Å². The van der Waals surface area contributed by atoms with Crippen molar-refractivity contribution in [3.63, 3.8) is 0 Å². The van der Waals surface area contributed by atoms with Gasteiger partial charge in [-0.2, -0.15) is 17.5 Å². The molecule has 1 fully saturated rings. The van der Waals surface area contributed by atoms with Gasteiger partial charge in [0.05, 0.1) is 4.91 Å². The van der Waals surface area contributed by atoms with Crippen LogP contribution in [0.15, 0.2) is 35.5 Å². The number of rotatable bonds is 4. The third-order valence-corrected chi connectivity index (χ3v) is 7.71. The second kappa shape index (κ2) is 8.90. The van der Waals surface area contributed by atoms with Crippen LogP contribution in [-0.2, 0) is 15.6 Å². The van der Waals surface area contributed by atoms with Crippen molar-refractivity contribution >= 4 is 33.1 Å². The van der Waals surface area contributed by atoms with Gasteiger partial charge in [-0.15, -0.1) is 5.92 Å². The number of aromatic nitrogens is 2. The number of nitrogens with zero attached hydrogens (tertiary/aromatic N) is 4. The van der Waals surface area contributed by atoms with Gasteiger partial charge in [-0.3, -0.25) is 0 Å². The van der Waals surface area contributed by atoms with Crippen molar-refractivity contribution in [3.05, 3.63) is 41.1 Å². The van der Waals surface area contributed by atoms with Crippen molar-refractivity contribution in [3.8, 4) is 11.8 Å². The average molecular weight is 487 g/mol. The highest BCUT2D eigenvalue weighted by atomic mass is 32.2. The van der Waals surface area contributed by atoms with Crippen LogP contribution in [0.1, 0.15) is 25.8 Å². The number of hydrogen-bond donors (Lipinski definition) is 1. The quantitative estimate of drug-likeness (QED) is 0.516. The van der Waals surface area contributed by atoms with Crippen LogP contribution in [0, 0.1) is 11.8 Å². The summed E-state index contributed by atoms with van der Waals surface area (Å²) in [5, 5.41) is 9.79. The molecule has 32 heavy (non-hydrogen) atoms. The number of piperazine rings is 1. The molecule has 1 aromatic rings. The minimum atomic E-state index is -4.89. The van der Waals surface area contributed by atoms with Gasteiger partial charge in [0, 0.05) is 48.9 Å². The lowest BCUT2D eigenvalue weighted by atomic mass is 9.99. The molecule has 0 bridgehead atoms. The molecule has 2 heterocycles. The van der Waals surface area contributed by atoms with E-state index in [2.05, 4.69) is 21.8 Å². The number of sulfonamides is 1. The van der Waals surface area contributed by atoms with Crippen LogP contribution in [0.25, 0.3) is 0 Å². The summed E-state index contributed by atoms with van der Waals surface area (Å²) in [4.78, 5) is 10.0. The van der Waals surface area contributed by atoms with Gasteiger partial charge in [-0.1, -0.05) is 30.3 Å². The zero-order chi connectivity index (χ0) is 23.7. The van der Waals surface area contributed by atoms with Crippen molar-refractivity contribution in [1.82, 2.24) is 14.3 Å². The second-order valence-corrected chi connectivity index (χ2v) is 9.79. The van der Waals surface area contributed by atoms with E-state index in [-0.39, 0.29) is 30.5 Å². The summed E-state index contributed by atoms with van der Waals surface area (Å²) >= 11 is 5.21. The number of hydrogen-bond acceptors (Lipinski definition) is 7. The molecule has 0 unspecified atom stereocenters. The fourth-order valence-corrected chi connectivity index (χ4v) is 5.32. The van der Waals surface area contributed by atoms with E-state index in [1.807, 2.05) is 0 Å². The Hall–Kier alpha value is -2.33. The lowest BCUT2D eigenvalue weighted by Crippen LogP contribution is -2.55. The first-order valence-corrected chi connectivity index (χ1v) is 11.4. The zero-order valence-electron chi connectivity index (χ0n) is 17.3. The summed E-state index contributed by atoms with van der Waals surface area (Å²) in [5.41, 5.74) is -3.60. The Labute approximate surface area is 189 Å². The molecule has 0 saturated carbocycles. The Morgan fingerprint density at radius 1 is 1.25 bits per heavy atom. The van der Waals surface area contributed by atoms with E-state index in [1.165, 1.54) is 10.4 Å². The van der Waals surface area contributed by atoms with Crippen LogP contribution >= 0.6 is 12.2 Å². The molecule has 12 heteroatoms. The summed E-state index contributed by atoms with van der Waals surface area (Å²) < 4.78 is 66.7. The molecular weight excluding hydrogens is 465 g/mol. The summed E-state index contributed by atoms with van der Waals surface area (Å²) in [6.45, 7) is 2.50. The van der Waals surface area contributed by atoms with Crippen LogP contribution in [0.3, 0.4) is 0 Å². The topological polar surface area (TPSA) is 86.6 Å². The largest absolute Gasteiger partial charge is 0.421 e. The smallest absolute Gasteiger partial charge is 0.376 e. The maximum absolute atomic E-state index is 13.1. The monoisotopic (exact) mass is 486 g/mol. The Morgan fingerprint density at radius 3 is 2.47 bits per heavy atom. The number of aliphatic hydroxyl groups is 1. The van der Waals surface area contributed by atoms with Crippen molar-refractivity contribution in [2.75, 3.05) is 24.5 Å². The lowest BCUT2D eigenvalue weighted by molar-refractivity contribution is -0.259. The van der Waals surface area contributed by atoms with Gasteiger partial charge in [0.15, 0.2) is 5.60 Å². The highest BCUT2D eigenvalue weighted by Crippen LogP contribution is 2.38. The van der Waals surface area contributed by atoms with Gasteiger partial charge in [0.25, 0.3) is 0 Å². The molecule has 172 valence electrons. The summed E-state index contributed by atoms with van der Waals surface area (Å²) in [5.74, 6) is 5.75. The predicted molar refractivity (Wildman–Crippen MR) is 117 cm³/mol. The SMILES string of the molecule is CC#C[C@@H]1CN(S(=O)(=O)C2=CC=CCC2=S)CCN1c1ncc([C@](C)(O)C(F)(F)F)cn1. The Morgan fingerprint density at radius 2 is 1.91 bits per heavy atom. The van der Waals surface area contributed by atoms with Crippen molar-refractivity contribution in [2.45, 2.75) is 38.1 Å². The molecule has 7 nitrogen and oxygen atoms in total. The Balaban J connectivity index is 1.85. The van der Waals surface area contributed by atoms with Crippen molar-refractivity contribution < 1.29 is 26.7 Å². The first-order chi connectivity index (χ1) is 14.9. The molecule has 1 aliphatic carbocycles. The minimum Gasteiger partial charge on any atom is -0.376 e. The van der Waals surface area contributed by atoms with Gasteiger partial charge < -0.3 is 10.0 Å². The molecule has 1 aromatic heterocycles. The number of thiocarbonyl (C=S) groups is 1. The Bertz CT molecular complexity index is 1120. The van der Waals surface area contributed by atoms with Gasteiger partial charge >= 0.3 is 6.18 Å². The minimum absolute atomic E-state index is 0.0121. The fraction of sp³-hybridized carbons (Fsp3) is 0.450. The summed E-state index contributed by atoms with van der Waals surface area (Å²) in [7, 11) is -3.82. The first-order valence-electron chi connectivity index (χ1n) is 9.60. The number of allylic oxidation sites excluding steroid dienone is 4. The maximum Gasteiger partial charge on any atom is 0.421 e. The van der Waals surface area contributed by atoms with E-state index in [0.29, 0.717) is 18.2 Å². The molecule has 0 aromatic carbocycles. The van der Waals surface area contributed by atoms with Crippen molar-refractivity contribution in [1.29, 1.82) is 0 Å². The predicted octanol–water partition coefficient (Wildman–Crippen LogP) is 2.30. The maximum atomic E-state index is 13.1. The standard InChI is InChI=1S/C20H21F3N4O3S2/c1-3-6-15-13-26(32(29,30)17-8-5-4-7-16(17)31)9-10-27(15)18-24-11-14(12-25-18)19(2,28)20(21,22)23/h4-5,8,11-12,15,28H,7,9-10,13H2,1-2H3/t15-,19+/m1/s1. The average Bonchev–Trinajstić information content (AvgIpc) is 2.73. The van der Waals surface area contributed by atoms with Crippen molar-refractivity contribution in [2.24, 2.45) is 0 Å². The van der Waals surface area contributed by atoms with Crippen LogP contribution in [0.4, 0.5) is 19.1 Å². The molecule has 1 saturated heterocycles. The third-order valence-electron chi connectivity index (χ3n) is 5.24. The molecule has 0 amide bonds. The summed E-state index contributed by atoms with van der Waals surface area (Å²) in [6.07, 6.45) is 2.20. The van der Waals surface area contributed by atoms with E-state index in [4.69, 9.17) is 12.2 Å². The van der Waals surface area contributed by atoms with Crippen LogP contribution in [-0.4, -0.2) is 64.5 Å². The Kier molecular flexibility index (Phi) is 6.76. The van der Waals surface area contributed by atoms with Gasteiger partial charge in [-0.05, 0) is 19.9 Å². The molecule has 0 spiro atoms. The molecule has 3 rings (SSSR count). The second-order valence-electron chi connectivity index (χ2n) is 7.39. The van der Waals surface area contributed by atoms with Crippen LogP contribution in [0.5, 0.6) is 0 Å². The molecule has 2 atom stereocenters. The van der Waals surface area contributed by atoms with E-state index < -0.39 is 33.4 Å². The van der Waals surface area contributed by atoms with Gasteiger partial charge in [-0.25, -0.2) is 18.4 Å². The first kappa shape index (κ1) is 24.3. The molecule has 1 N–H and O–H groups in total. The third kappa shape index (κ3) is 4.56.